The average molecular weight is 421 g/mol. The molecule has 1 aromatic heterocycles. The van der Waals surface area contributed by atoms with Gasteiger partial charge in [-0.05, 0) is 51.0 Å². The molecule has 9 heteroatoms. The van der Waals surface area contributed by atoms with Crippen LogP contribution in [0.15, 0.2) is 40.2 Å². The number of aromatic nitrogens is 2. The summed E-state index contributed by atoms with van der Waals surface area (Å²) < 4.78 is 27.5. The third-order valence-corrected chi connectivity index (χ3v) is 6.24. The maximum atomic E-state index is 12.1. The number of hydrogen-bond donors (Lipinski definition) is 2. The van der Waals surface area contributed by atoms with Gasteiger partial charge in [0.05, 0.1) is 17.1 Å². The zero-order valence-electron chi connectivity index (χ0n) is 17.9. The van der Waals surface area contributed by atoms with Gasteiger partial charge in [0.25, 0.3) is 0 Å². The van der Waals surface area contributed by atoms with Crippen molar-refractivity contribution in [1.82, 2.24) is 24.7 Å². The summed E-state index contributed by atoms with van der Waals surface area (Å²) in [5, 5.41) is 11.0. The molecular formula is C20H32N6O2S. The number of aryl methyl sites for hydroxylation is 3. The van der Waals surface area contributed by atoms with Crippen molar-refractivity contribution in [3.63, 3.8) is 0 Å². The van der Waals surface area contributed by atoms with E-state index in [4.69, 9.17) is 0 Å². The highest BCUT2D eigenvalue weighted by molar-refractivity contribution is 7.89. The van der Waals surface area contributed by atoms with Crippen LogP contribution in [0, 0.1) is 13.8 Å². The molecule has 0 aliphatic carbocycles. The summed E-state index contributed by atoms with van der Waals surface area (Å²) in [6.45, 7) is 8.96. The van der Waals surface area contributed by atoms with Crippen LogP contribution in [0.1, 0.15) is 30.3 Å². The molecule has 8 nitrogen and oxygen atoms in total. The van der Waals surface area contributed by atoms with Crippen LogP contribution >= 0.6 is 0 Å². The normalized spacial score (nSPS) is 12.4. The van der Waals surface area contributed by atoms with Crippen molar-refractivity contribution in [2.24, 2.45) is 4.99 Å². The predicted octanol–water partition coefficient (Wildman–Crippen LogP) is 1.90. The Morgan fingerprint density at radius 1 is 1.17 bits per heavy atom. The summed E-state index contributed by atoms with van der Waals surface area (Å²) in [5.41, 5.74) is 3.15. The van der Waals surface area contributed by atoms with Crippen LogP contribution in [-0.4, -0.2) is 55.6 Å². The minimum atomic E-state index is -3.41. The third-order valence-electron chi connectivity index (χ3n) is 4.41. The Morgan fingerprint density at radius 3 is 2.41 bits per heavy atom. The Kier molecular flexibility index (Phi) is 8.21. The number of sulfonamides is 1. The molecule has 1 heterocycles. The molecule has 0 amide bonds. The topological polar surface area (TPSA) is 91.6 Å². The second-order valence-electron chi connectivity index (χ2n) is 7.06. The first kappa shape index (κ1) is 22.9. The molecular weight excluding hydrogens is 388 g/mol. The molecule has 2 rings (SSSR count). The first-order chi connectivity index (χ1) is 13.7. The van der Waals surface area contributed by atoms with Gasteiger partial charge in [0, 0.05) is 39.4 Å². The van der Waals surface area contributed by atoms with E-state index in [2.05, 4.69) is 33.7 Å². The molecule has 1 aromatic carbocycles. The Bertz CT molecular complexity index is 917. The van der Waals surface area contributed by atoms with Crippen molar-refractivity contribution < 1.29 is 8.42 Å². The van der Waals surface area contributed by atoms with Gasteiger partial charge >= 0.3 is 0 Å². The van der Waals surface area contributed by atoms with Gasteiger partial charge in [0.2, 0.25) is 10.0 Å². The maximum Gasteiger partial charge on any atom is 0.242 e. The third kappa shape index (κ3) is 6.57. The Hall–Kier alpha value is -2.39. The zero-order valence-corrected chi connectivity index (χ0v) is 18.8. The summed E-state index contributed by atoms with van der Waals surface area (Å²) in [5.74, 6) is 0.742. The van der Waals surface area contributed by atoms with Crippen LogP contribution in [0.2, 0.25) is 0 Å². The molecule has 0 fully saturated rings. The van der Waals surface area contributed by atoms with Crippen molar-refractivity contribution in [2.75, 3.05) is 27.2 Å². The average Bonchev–Trinajstić information content (AvgIpc) is 3.00. The van der Waals surface area contributed by atoms with E-state index in [1.165, 1.54) is 24.1 Å². The lowest BCUT2D eigenvalue weighted by molar-refractivity contribution is 0.520. The van der Waals surface area contributed by atoms with Crippen LogP contribution in [0.5, 0.6) is 0 Å². The number of guanidine groups is 1. The molecule has 0 bridgehead atoms. The molecule has 0 unspecified atom stereocenters. The van der Waals surface area contributed by atoms with Crippen molar-refractivity contribution >= 4 is 16.0 Å². The van der Waals surface area contributed by atoms with Crippen LogP contribution in [0.25, 0.3) is 0 Å². The summed E-state index contributed by atoms with van der Waals surface area (Å²) in [6.07, 6.45) is 0.934. The molecule has 0 atom stereocenters. The quantitative estimate of drug-likeness (QED) is 0.367. The summed E-state index contributed by atoms with van der Waals surface area (Å²) in [4.78, 5) is 4.87. The first-order valence-electron chi connectivity index (χ1n) is 9.78. The van der Waals surface area contributed by atoms with E-state index in [0.29, 0.717) is 6.54 Å². The van der Waals surface area contributed by atoms with Crippen molar-refractivity contribution in [3.05, 3.63) is 47.3 Å². The van der Waals surface area contributed by atoms with E-state index >= 15 is 0 Å². The van der Waals surface area contributed by atoms with Crippen LogP contribution < -0.4 is 10.6 Å². The van der Waals surface area contributed by atoms with E-state index < -0.39 is 10.0 Å². The second-order valence-corrected chi connectivity index (χ2v) is 9.21. The van der Waals surface area contributed by atoms with E-state index in [1.807, 2.05) is 18.5 Å². The second kappa shape index (κ2) is 10.4. The van der Waals surface area contributed by atoms with E-state index in [9.17, 15) is 8.42 Å². The standard InChI is InChI=1S/C20H32N6O2S/c1-6-21-20(22-12-7-13-26-17(3)14-16(2)24-26)23-15-18-8-10-19(11-9-18)29(27,28)25(4)5/h8-11,14H,6-7,12-13,15H2,1-5H3,(H2,21,22,23). The summed E-state index contributed by atoms with van der Waals surface area (Å²) >= 11 is 0. The SMILES string of the molecule is CCNC(=NCc1ccc(S(=O)(=O)N(C)C)cc1)NCCCn1nc(C)cc1C. The largest absolute Gasteiger partial charge is 0.357 e. The number of nitrogens with one attached hydrogen (secondary N) is 2. The van der Waals surface area contributed by atoms with Gasteiger partial charge in [-0.1, -0.05) is 12.1 Å². The molecule has 0 aliphatic heterocycles. The number of hydrogen-bond acceptors (Lipinski definition) is 4. The molecule has 160 valence electrons. The smallest absolute Gasteiger partial charge is 0.242 e. The fraction of sp³-hybridized carbons (Fsp3) is 0.500. The number of rotatable bonds is 9. The van der Waals surface area contributed by atoms with Crippen LogP contribution in [0.3, 0.4) is 0 Å². The number of aliphatic imine (C=N–C) groups is 1. The Morgan fingerprint density at radius 2 is 1.86 bits per heavy atom. The predicted molar refractivity (Wildman–Crippen MR) is 116 cm³/mol. The van der Waals surface area contributed by atoms with E-state index in [1.54, 1.807) is 24.3 Å². The van der Waals surface area contributed by atoms with Gasteiger partial charge in [0.15, 0.2) is 5.96 Å². The molecule has 29 heavy (non-hydrogen) atoms. The molecule has 0 aliphatic rings. The van der Waals surface area contributed by atoms with Gasteiger partial charge in [-0.15, -0.1) is 0 Å². The minimum Gasteiger partial charge on any atom is -0.357 e. The van der Waals surface area contributed by atoms with Gasteiger partial charge in [-0.2, -0.15) is 5.10 Å². The fourth-order valence-corrected chi connectivity index (χ4v) is 3.73. The van der Waals surface area contributed by atoms with Gasteiger partial charge in [-0.25, -0.2) is 17.7 Å². The molecule has 0 saturated carbocycles. The van der Waals surface area contributed by atoms with E-state index in [0.717, 1.165) is 43.3 Å². The van der Waals surface area contributed by atoms with Gasteiger partial charge < -0.3 is 10.6 Å². The first-order valence-corrected chi connectivity index (χ1v) is 11.2. The Balaban J connectivity index is 1.90. The van der Waals surface area contributed by atoms with Crippen LogP contribution in [0.4, 0.5) is 0 Å². The maximum absolute atomic E-state index is 12.1. The lowest BCUT2D eigenvalue weighted by Crippen LogP contribution is -2.38. The van der Waals surface area contributed by atoms with Crippen molar-refractivity contribution in [2.45, 2.75) is 45.2 Å². The molecule has 2 aromatic rings. The number of nitrogens with zero attached hydrogens (tertiary/aromatic N) is 4. The summed E-state index contributed by atoms with van der Waals surface area (Å²) in [6, 6.07) is 8.91. The molecule has 0 saturated heterocycles. The number of benzene rings is 1. The molecule has 2 N–H and O–H groups in total. The highest BCUT2D eigenvalue weighted by Crippen LogP contribution is 2.14. The van der Waals surface area contributed by atoms with Gasteiger partial charge in [-0.3, -0.25) is 4.68 Å². The lowest BCUT2D eigenvalue weighted by Gasteiger charge is -2.12. The monoisotopic (exact) mass is 420 g/mol. The zero-order chi connectivity index (χ0) is 21.4. The fourth-order valence-electron chi connectivity index (χ4n) is 2.83. The molecule has 0 radical (unpaired) electrons. The Labute approximate surface area is 174 Å². The molecule has 0 spiro atoms. The minimum absolute atomic E-state index is 0.282. The lowest BCUT2D eigenvalue weighted by atomic mass is 10.2. The highest BCUT2D eigenvalue weighted by Gasteiger charge is 2.16. The summed E-state index contributed by atoms with van der Waals surface area (Å²) in [7, 11) is -0.358. The van der Waals surface area contributed by atoms with Crippen molar-refractivity contribution in [3.8, 4) is 0 Å². The van der Waals surface area contributed by atoms with Crippen molar-refractivity contribution in [1.29, 1.82) is 0 Å². The van der Waals surface area contributed by atoms with Crippen LogP contribution in [-0.2, 0) is 23.1 Å². The van der Waals surface area contributed by atoms with Gasteiger partial charge in [0.1, 0.15) is 0 Å². The highest BCUT2D eigenvalue weighted by atomic mass is 32.2. The van der Waals surface area contributed by atoms with E-state index in [-0.39, 0.29) is 4.90 Å².